The normalized spacial score (nSPS) is 12.8. The van der Waals surface area contributed by atoms with Gasteiger partial charge in [-0.05, 0) is 124 Å². The Bertz CT molecular complexity index is 1580. The minimum atomic E-state index is 1.03. The summed E-state index contributed by atoms with van der Waals surface area (Å²) in [5, 5.41) is 2.85. The van der Waals surface area contributed by atoms with Crippen LogP contribution in [-0.2, 0) is 40.1 Å². The van der Waals surface area contributed by atoms with Crippen LogP contribution in [0.25, 0.3) is 16.9 Å². The van der Waals surface area contributed by atoms with Gasteiger partial charge in [0.15, 0.2) is 0 Å². The first-order valence-corrected chi connectivity index (χ1v) is 31.0. The van der Waals surface area contributed by atoms with Crippen LogP contribution < -0.4 is 0 Å². The fourth-order valence-corrected chi connectivity index (χ4v) is 11.1. The Morgan fingerprint density at radius 3 is 0.910 bits per heavy atom. The van der Waals surface area contributed by atoms with Gasteiger partial charge in [-0.1, -0.05) is 131 Å². The summed E-state index contributed by atoms with van der Waals surface area (Å²) in [4.78, 5) is 0. The Morgan fingerprint density at radius 1 is 0.299 bits per heavy atom. The maximum absolute atomic E-state index is 12.5. The fraction of sp³-hybridized carbons (Fsp3) is 0.750. The molecule has 0 radical (unpaired) electrons. The van der Waals surface area contributed by atoms with Crippen LogP contribution in [0.5, 0.6) is 0 Å². The summed E-state index contributed by atoms with van der Waals surface area (Å²) in [5.74, 6) is 0. The number of unbranched alkanes of at least 4 members (excludes halogenated alkanes) is 24. The molecule has 1 aliphatic heterocycles. The Hall–Kier alpha value is -1.99. The van der Waals surface area contributed by atoms with Crippen molar-refractivity contribution >= 4 is 11.4 Å². The number of allylic oxidation sites excluding steroid dienone is 2. The monoisotopic (exact) mass is 965 g/mol. The molecule has 2 aromatic rings. The second-order valence-corrected chi connectivity index (χ2v) is 22.0. The van der Waals surface area contributed by atoms with Gasteiger partial charge in [0.05, 0.1) is 0 Å². The van der Waals surface area contributed by atoms with Gasteiger partial charge in [0.1, 0.15) is 0 Å². The number of hydrogen-bond acceptors (Lipinski definition) is 0. The molecule has 2 aromatic carbocycles. The average Bonchev–Trinajstić information content (AvgIpc) is 3.61. The standard InChI is InChI=1S/C46H72N2.2C9H19.Ni/c1-7-13-19-20-21-24-30-44-43(29-18-12-6)45(41-33-37(25-16-10-4)31-39(35-41)27-22-14-8-2)48(47)46(44)42-34-38(26-17-11-5)32-40(36-42)28-23-15-9-3;2*1-3-5-7-9-8-6-4-2;/h31-36H,7-30H2,1-6H3;2*1,3-9H2,2H3;. The molecule has 0 saturated heterocycles. The van der Waals surface area contributed by atoms with Gasteiger partial charge in [-0.25, -0.2) is 4.70 Å². The molecule has 3 rings (SSSR count). The van der Waals surface area contributed by atoms with Crippen LogP contribution in [0.3, 0.4) is 0 Å². The van der Waals surface area contributed by atoms with E-state index in [2.05, 4.69) is 91.8 Å². The average molecular weight is 966 g/mol. The van der Waals surface area contributed by atoms with Crippen LogP contribution in [0.2, 0.25) is 10.8 Å². The number of rotatable bonds is 42. The molecule has 1 aliphatic rings. The van der Waals surface area contributed by atoms with Crippen LogP contribution >= 0.6 is 0 Å². The second-order valence-electron chi connectivity index (χ2n) is 20.5. The van der Waals surface area contributed by atoms with Gasteiger partial charge in [-0.15, -0.1) is 0 Å². The SMILES string of the molecule is CCCCCCCCC1=C(c2cc(CCCC)cc(CCCCC)c2)[N+](=[N-])C(c2cc(CCCC)cc(CCCCC)c2)=C1CCCC.CCCCCCCC[CH2][Ni][CH2]CCCCCCCC. The van der Waals surface area contributed by atoms with E-state index in [4.69, 9.17) is 0 Å². The zero-order valence-corrected chi connectivity index (χ0v) is 46.9. The molecule has 0 fully saturated rings. The third kappa shape index (κ3) is 26.7. The number of aryl methyl sites for hydroxylation is 4. The van der Waals surface area contributed by atoms with Crippen molar-refractivity contribution in [1.82, 2.24) is 0 Å². The third-order valence-corrected chi connectivity index (χ3v) is 15.4. The van der Waals surface area contributed by atoms with Crippen LogP contribution in [0, 0.1) is 0 Å². The maximum atomic E-state index is 12.5. The van der Waals surface area contributed by atoms with E-state index in [1.165, 1.54) is 248 Å². The van der Waals surface area contributed by atoms with Crippen molar-refractivity contribution in [3.63, 3.8) is 0 Å². The van der Waals surface area contributed by atoms with Crippen LogP contribution in [0.4, 0.5) is 0 Å². The zero-order chi connectivity index (χ0) is 48.6. The zero-order valence-electron chi connectivity index (χ0n) is 46.0. The molecule has 0 amide bonds. The van der Waals surface area contributed by atoms with Crippen molar-refractivity contribution in [2.24, 2.45) is 0 Å². The molecule has 2 nitrogen and oxygen atoms in total. The topological polar surface area (TPSA) is 25.3 Å². The van der Waals surface area contributed by atoms with Crippen molar-refractivity contribution in [2.75, 3.05) is 0 Å². The summed E-state index contributed by atoms with van der Waals surface area (Å²) in [7, 11) is 0. The van der Waals surface area contributed by atoms with E-state index in [0.29, 0.717) is 0 Å². The minimum absolute atomic E-state index is 1.03. The van der Waals surface area contributed by atoms with Gasteiger partial charge < -0.3 is 5.53 Å². The first-order chi connectivity index (χ1) is 32.9. The van der Waals surface area contributed by atoms with E-state index >= 15 is 0 Å². The summed E-state index contributed by atoms with van der Waals surface area (Å²) in [6, 6.07) is 14.6. The van der Waals surface area contributed by atoms with Gasteiger partial charge >= 0.3 is 129 Å². The van der Waals surface area contributed by atoms with Gasteiger partial charge in [-0.2, -0.15) is 0 Å². The molecule has 0 unspecified atom stereocenters. The van der Waals surface area contributed by atoms with Crippen molar-refractivity contribution < 1.29 is 19.1 Å². The van der Waals surface area contributed by atoms with Crippen molar-refractivity contribution in [2.45, 2.75) is 310 Å². The fourth-order valence-electron chi connectivity index (χ4n) is 9.83. The van der Waals surface area contributed by atoms with Crippen LogP contribution in [-0.4, -0.2) is 4.70 Å². The predicted molar refractivity (Wildman–Crippen MR) is 297 cm³/mol. The Kier molecular flexibility index (Phi) is 38.1. The number of hydrogen-bond donors (Lipinski definition) is 0. The van der Waals surface area contributed by atoms with E-state index in [1.54, 1.807) is 4.70 Å². The molecule has 3 heteroatoms. The molecular weight excluding hydrogens is 855 g/mol. The van der Waals surface area contributed by atoms with E-state index in [-0.39, 0.29) is 0 Å². The molecule has 0 N–H and O–H groups in total. The number of nitrogens with zero attached hydrogens (tertiary/aromatic N) is 2. The predicted octanol–water partition coefficient (Wildman–Crippen LogP) is 22.4. The van der Waals surface area contributed by atoms with Crippen molar-refractivity contribution in [3.8, 4) is 0 Å². The summed E-state index contributed by atoms with van der Waals surface area (Å²) in [5.41, 5.74) is 25.7. The van der Waals surface area contributed by atoms with E-state index in [9.17, 15) is 5.53 Å². The van der Waals surface area contributed by atoms with Crippen LogP contribution in [0.15, 0.2) is 47.5 Å². The van der Waals surface area contributed by atoms with Gasteiger partial charge in [0.2, 0.25) is 11.4 Å². The van der Waals surface area contributed by atoms with Crippen molar-refractivity contribution in [1.29, 1.82) is 0 Å². The summed E-state index contributed by atoms with van der Waals surface area (Å²) in [6.07, 6.45) is 49.2. The second kappa shape index (κ2) is 41.8. The van der Waals surface area contributed by atoms with Gasteiger partial charge in [0.25, 0.3) is 0 Å². The molecule has 0 spiro atoms. The Labute approximate surface area is 424 Å². The molecule has 0 aromatic heterocycles. The molecule has 386 valence electrons. The molecule has 0 saturated carbocycles. The summed E-state index contributed by atoms with van der Waals surface area (Å²) in [6.45, 7) is 18.4. The van der Waals surface area contributed by atoms with Crippen LogP contribution in [0.1, 0.15) is 307 Å². The summed E-state index contributed by atoms with van der Waals surface area (Å²) < 4.78 is 1.67. The van der Waals surface area contributed by atoms with Gasteiger partial charge in [0, 0.05) is 22.3 Å². The molecule has 0 bridgehead atoms. The van der Waals surface area contributed by atoms with E-state index in [1.807, 2.05) is 14.4 Å². The number of benzene rings is 2. The third-order valence-electron chi connectivity index (χ3n) is 14.0. The first-order valence-electron chi connectivity index (χ1n) is 29.6. The van der Waals surface area contributed by atoms with E-state index in [0.717, 1.165) is 62.8 Å². The molecular formula is C64H110N2Ni. The molecule has 0 atom stereocenters. The molecule has 1 heterocycles. The quantitative estimate of drug-likeness (QED) is 0.0360. The van der Waals surface area contributed by atoms with Crippen molar-refractivity contribution in [3.05, 3.63) is 86.5 Å². The Morgan fingerprint density at radius 2 is 0.552 bits per heavy atom. The summed E-state index contributed by atoms with van der Waals surface area (Å²) >= 11 is 2.01. The molecule has 67 heavy (non-hydrogen) atoms. The first kappa shape index (κ1) is 61.1. The Balaban J connectivity index is 0.000000681. The van der Waals surface area contributed by atoms with E-state index < -0.39 is 0 Å². The van der Waals surface area contributed by atoms with Gasteiger partial charge in [-0.3, -0.25) is 0 Å². The molecule has 0 aliphatic carbocycles.